The van der Waals surface area contributed by atoms with Gasteiger partial charge in [0.25, 0.3) is 11.6 Å². The van der Waals surface area contributed by atoms with E-state index in [1.165, 1.54) is 0 Å². The number of amides is 1. The number of nitrogens with zero attached hydrogens (tertiary/aromatic N) is 2. The van der Waals surface area contributed by atoms with Crippen molar-refractivity contribution < 1.29 is 9.72 Å². The Balaban J connectivity index is 2.77. The molecule has 0 aliphatic heterocycles. The van der Waals surface area contributed by atoms with Gasteiger partial charge in [-0.05, 0) is 12.8 Å². The minimum Gasteiger partial charge on any atom is -0.352 e. The number of nitro benzene ring substituents is 1. The Morgan fingerprint density at radius 2 is 2.10 bits per heavy atom. The Kier molecular flexibility index (Phi) is 6.22. The van der Waals surface area contributed by atoms with Crippen LogP contribution < -0.4 is 5.32 Å². The third-order valence-corrected chi connectivity index (χ3v) is 3.27. The molecular weight excluding hydrogens is 305 g/mol. The summed E-state index contributed by atoms with van der Waals surface area (Å²) in [4.78, 5) is 21.9. The van der Waals surface area contributed by atoms with Crippen molar-refractivity contribution >= 4 is 34.8 Å². The number of nitriles is 1. The Morgan fingerprint density at radius 1 is 1.40 bits per heavy atom. The smallest absolute Gasteiger partial charge is 0.271 e. The number of carbonyl (C=O) groups is 1. The predicted octanol–water partition coefficient (Wildman–Crippen LogP) is 3.33. The fourth-order valence-corrected chi connectivity index (χ4v) is 1.88. The number of unbranched alkanes of at least 4 members (excludes halogenated alkanes) is 2. The van der Waals surface area contributed by atoms with Crippen molar-refractivity contribution in [2.45, 2.75) is 19.3 Å². The zero-order chi connectivity index (χ0) is 15.1. The topological polar surface area (TPSA) is 96.0 Å². The van der Waals surface area contributed by atoms with Crippen molar-refractivity contribution in [2.75, 3.05) is 6.54 Å². The van der Waals surface area contributed by atoms with E-state index in [1.807, 2.05) is 6.07 Å². The average Bonchev–Trinajstić information content (AvgIpc) is 2.41. The fraction of sp³-hybridized carbons (Fsp3) is 0.333. The van der Waals surface area contributed by atoms with E-state index in [-0.39, 0.29) is 21.3 Å². The maximum Gasteiger partial charge on any atom is 0.271 e. The van der Waals surface area contributed by atoms with E-state index in [9.17, 15) is 14.9 Å². The summed E-state index contributed by atoms with van der Waals surface area (Å²) in [6, 6.07) is 4.17. The lowest BCUT2D eigenvalue weighted by atomic mass is 10.1. The molecule has 1 aromatic rings. The lowest BCUT2D eigenvalue weighted by Gasteiger charge is -2.07. The number of benzene rings is 1. The number of hydrogen-bond acceptors (Lipinski definition) is 4. The quantitative estimate of drug-likeness (QED) is 0.494. The molecule has 1 N–H and O–H groups in total. The Morgan fingerprint density at radius 3 is 2.70 bits per heavy atom. The second kappa shape index (κ2) is 7.68. The molecule has 0 saturated heterocycles. The predicted molar refractivity (Wildman–Crippen MR) is 74.9 cm³/mol. The maximum absolute atomic E-state index is 11.9. The lowest BCUT2D eigenvalue weighted by molar-refractivity contribution is -0.384. The van der Waals surface area contributed by atoms with Crippen LogP contribution >= 0.6 is 23.2 Å². The third kappa shape index (κ3) is 4.37. The number of carbonyl (C=O) groups excluding carboxylic acids is 1. The number of nitro groups is 1. The molecule has 0 unspecified atom stereocenters. The van der Waals surface area contributed by atoms with E-state index in [0.717, 1.165) is 12.1 Å². The van der Waals surface area contributed by atoms with Gasteiger partial charge >= 0.3 is 0 Å². The first kappa shape index (κ1) is 16.2. The number of halogens is 2. The van der Waals surface area contributed by atoms with Crippen molar-refractivity contribution in [1.29, 1.82) is 5.26 Å². The van der Waals surface area contributed by atoms with Gasteiger partial charge in [-0.1, -0.05) is 23.2 Å². The van der Waals surface area contributed by atoms with Crippen LogP contribution in [0.25, 0.3) is 0 Å². The molecule has 0 fully saturated rings. The van der Waals surface area contributed by atoms with Gasteiger partial charge in [0, 0.05) is 25.1 Å². The number of hydrogen-bond donors (Lipinski definition) is 1. The minimum absolute atomic E-state index is 0.0215. The molecular formula is C12H11Cl2N3O3. The normalized spacial score (nSPS) is 9.85. The highest BCUT2D eigenvalue weighted by Gasteiger charge is 2.19. The summed E-state index contributed by atoms with van der Waals surface area (Å²) in [5.41, 5.74) is -0.333. The van der Waals surface area contributed by atoms with Crippen molar-refractivity contribution in [3.8, 4) is 6.07 Å². The standard InChI is InChI=1S/C12H11Cl2N3O3/c13-10-7-8(17(19)20)6-9(11(10)14)12(18)16-5-3-1-2-4-15/h6-7H,1-3,5H2,(H,16,18). The van der Waals surface area contributed by atoms with Gasteiger partial charge in [-0.3, -0.25) is 14.9 Å². The highest BCUT2D eigenvalue weighted by molar-refractivity contribution is 6.44. The van der Waals surface area contributed by atoms with E-state index >= 15 is 0 Å². The second-order valence-electron chi connectivity index (χ2n) is 3.92. The highest BCUT2D eigenvalue weighted by atomic mass is 35.5. The number of non-ortho nitro benzene ring substituents is 1. The summed E-state index contributed by atoms with van der Waals surface area (Å²) in [6.45, 7) is 0.358. The van der Waals surface area contributed by atoms with Crippen LogP contribution in [0.15, 0.2) is 12.1 Å². The molecule has 1 rings (SSSR count). The van der Waals surface area contributed by atoms with Crippen LogP contribution in [0, 0.1) is 21.4 Å². The second-order valence-corrected chi connectivity index (χ2v) is 4.70. The lowest BCUT2D eigenvalue weighted by Crippen LogP contribution is -2.24. The van der Waals surface area contributed by atoms with Crippen LogP contribution in [0.3, 0.4) is 0 Å². The van der Waals surface area contributed by atoms with Gasteiger partial charge in [0.15, 0.2) is 0 Å². The van der Waals surface area contributed by atoms with Gasteiger partial charge < -0.3 is 5.32 Å². The highest BCUT2D eigenvalue weighted by Crippen LogP contribution is 2.30. The van der Waals surface area contributed by atoms with Gasteiger partial charge in [0.1, 0.15) is 0 Å². The maximum atomic E-state index is 11.9. The molecule has 1 amide bonds. The molecule has 20 heavy (non-hydrogen) atoms. The molecule has 106 valence electrons. The van der Waals surface area contributed by atoms with Crippen LogP contribution in [0.4, 0.5) is 5.69 Å². The first-order valence-electron chi connectivity index (χ1n) is 5.76. The van der Waals surface area contributed by atoms with Gasteiger partial charge in [0.2, 0.25) is 0 Å². The van der Waals surface area contributed by atoms with E-state index in [0.29, 0.717) is 25.8 Å². The molecule has 0 saturated carbocycles. The molecule has 0 aliphatic carbocycles. The summed E-state index contributed by atoms with van der Waals surface area (Å²) >= 11 is 11.6. The van der Waals surface area contributed by atoms with Gasteiger partial charge in [-0.15, -0.1) is 0 Å². The van der Waals surface area contributed by atoms with Gasteiger partial charge in [-0.2, -0.15) is 5.26 Å². The van der Waals surface area contributed by atoms with Gasteiger partial charge in [-0.25, -0.2) is 0 Å². The van der Waals surface area contributed by atoms with E-state index in [1.54, 1.807) is 0 Å². The SMILES string of the molecule is N#CCCCCNC(=O)c1cc([N+](=O)[O-])cc(Cl)c1Cl. The van der Waals surface area contributed by atoms with Crippen LogP contribution in [0.2, 0.25) is 10.0 Å². The first-order chi connectivity index (χ1) is 9.47. The minimum atomic E-state index is -0.647. The Bertz CT molecular complexity index is 570. The van der Waals surface area contributed by atoms with Crippen LogP contribution in [-0.2, 0) is 0 Å². The molecule has 0 bridgehead atoms. The summed E-state index contributed by atoms with van der Waals surface area (Å²) < 4.78 is 0. The molecule has 0 aliphatic rings. The van der Waals surface area contributed by atoms with Gasteiger partial charge in [0.05, 0.1) is 26.6 Å². The monoisotopic (exact) mass is 315 g/mol. The largest absolute Gasteiger partial charge is 0.352 e. The molecule has 6 nitrogen and oxygen atoms in total. The van der Waals surface area contributed by atoms with Crippen LogP contribution in [-0.4, -0.2) is 17.4 Å². The summed E-state index contributed by atoms with van der Waals surface area (Å²) in [5.74, 6) is -0.530. The zero-order valence-electron chi connectivity index (χ0n) is 10.4. The molecule has 0 radical (unpaired) electrons. The molecule has 0 heterocycles. The van der Waals surface area contributed by atoms with Crippen molar-refractivity contribution in [3.63, 3.8) is 0 Å². The molecule has 1 aromatic carbocycles. The first-order valence-corrected chi connectivity index (χ1v) is 6.51. The van der Waals surface area contributed by atoms with E-state index in [4.69, 9.17) is 28.5 Å². The number of rotatable bonds is 6. The van der Waals surface area contributed by atoms with Crippen molar-refractivity contribution in [2.24, 2.45) is 0 Å². The van der Waals surface area contributed by atoms with Crippen LogP contribution in [0.5, 0.6) is 0 Å². The Hall–Kier alpha value is -1.84. The van der Waals surface area contributed by atoms with E-state index in [2.05, 4.69) is 5.32 Å². The third-order valence-electron chi connectivity index (χ3n) is 2.47. The summed E-state index contributed by atoms with van der Waals surface area (Å²) in [5, 5.41) is 21.6. The molecule has 0 aromatic heterocycles. The van der Waals surface area contributed by atoms with Crippen molar-refractivity contribution in [1.82, 2.24) is 5.32 Å². The van der Waals surface area contributed by atoms with Crippen LogP contribution in [0.1, 0.15) is 29.6 Å². The number of nitrogens with one attached hydrogen (secondary N) is 1. The Labute approximate surface area is 125 Å². The summed E-state index contributed by atoms with van der Waals surface area (Å²) in [6.07, 6.45) is 1.72. The zero-order valence-corrected chi connectivity index (χ0v) is 11.9. The molecule has 0 atom stereocenters. The van der Waals surface area contributed by atoms with E-state index < -0.39 is 10.8 Å². The summed E-state index contributed by atoms with van der Waals surface area (Å²) in [7, 11) is 0. The molecule has 0 spiro atoms. The van der Waals surface area contributed by atoms with Crippen molar-refractivity contribution in [3.05, 3.63) is 37.9 Å². The fourth-order valence-electron chi connectivity index (χ4n) is 1.47. The average molecular weight is 316 g/mol. The molecule has 8 heteroatoms.